The second-order valence-electron chi connectivity index (χ2n) is 9.35. The van der Waals surface area contributed by atoms with Crippen molar-refractivity contribution in [1.29, 1.82) is 0 Å². The van der Waals surface area contributed by atoms with Crippen molar-refractivity contribution in [2.24, 2.45) is 5.92 Å². The molecule has 0 amide bonds. The molecule has 34 heavy (non-hydrogen) atoms. The number of halogens is 2. The topological polar surface area (TPSA) is 17.1 Å². The molecule has 0 aliphatic heterocycles. The molecule has 0 N–H and O–H groups in total. The van der Waals surface area contributed by atoms with Crippen LogP contribution >= 0.6 is 11.3 Å². The third-order valence-corrected chi connectivity index (χ3v) is 6.48. The van der Waals surface area contributed by atoms with Gasteiger partial charge in [0.1, 0.15) is 5.78 Å². The summed E-state index contributed by atoms with van der Waals surface area (Å²) in [5.74, 6) is -1.41. The van der Waals surface area contributed by atoms with E-state index in [1.807, 2.05) is 33.1 Å². The van der Waals surface area contributed by atoms with E-state index in [2.05, 4.69) is 27.0 Å². The molecule has 0 saturated carbocycles. The fraction of sp³-hybridized carbons (Fsp3) is 0.500. The first-order chi connectivity index (χ1) is 15.9. The van der Waals surface area contributed by atoms with E-state index >= 15 is 0 Å². The van der Waals surface area contributed by atoms with Crippen molar-refractivity contribution in [2.45, 2.75) is 93.4 Å². The van der Waals surface area contributed by atoms with E-state index in [4.69, 9.17) is 0 Å². The Morgan fingerprint density at radius 3 is 2.15 bits per heavy atom. The molecule has 190 valence electrons. The highest BCUT2D eigenvalue weighted by Gasteiger charge is 2.14. The molecular formula is C30H44F2OS. The Hall–Kier alpha value is -2.07. The molecule has 0 spiro atoms. The van der Waals surface area contributed by atoms with Crippen LogP contribution in [0, 0.1) is 24.5 Å². The van der Waals surface area contributed by atoms with Crippen LogP contribution in [-0.4, -0.2) is 5.78 Å². The molecule has 4 heteroatoms. The largest absolute Gasteiger partial charge is 0.300 e. The standard InChI is InChI=1S/C17H18F2OS.C9H18.C4H8/c1-10(12(3)20)4-7-17-11(2)14(9-21-17)13-5-6-15(18)16(19)8-13;1-4-5-6-7-8-9(2)3;1-4(2)3/h5-6,8-10H,4,7H2,1-3H3;2,4-8H2,1,3H3;1H2,2-3H3. The lowest BCUT2D eigenvalue weighted by Crippen LogP contribution is -2.07. The molecule has 1 aromatic carbocycles. The number of Topliss-reactive ketones (excluding diaryl/α,β-unsaturated/α-hetero) is 1. The third-order valence-electron chi connectivity index (χ3n) is 5.33. The third kappa shape index (κ3) is 13.6. The van der Waals surface area contributed by atoms with E-state index in [9.17, 15) is 13.6 Å². The highest BCUT2D eigenvalue weighted by molar-refractivity contribution is 7.10. The lowest BCUT2D eigenvalue weighted by atomic mass is 9.98. The van der Waals surface area contributed by atoms with Crippen LogP contribution in [0.4, 0.5) is 8.78 Å². The van der Waals surface area contributed by atoms with Crippen molar-refractivity contribution >= 4 is 17.1 Å². The smallest absolute Gasteiger partial charge is 0.159 e. The SMILES string of the molecule is C=C(C)C.C=C(C)CCCCCC.CC(=O)C(C)CCc1scc(-c2ccc(F)c(F)c2)c1C. The first-order valence-corrected chi connectivity index (χ1v) is 13.1. The van der Waals surface area contributed by atoms with Crippen LogP contribution in [0.1, 0.15) is 90.5 Å². The van der Waals surface area contributed by atoms with E-state index < -0.39 is 11.6 Å². The zero-order valence-electron chi connectivity index (χ0n) is 22.3. The van der Waals surface area contributed by atoms with Crippen molar-refractivity contribution in [2.75, 3.05) is 0 Å². The van der Waals surface area contributed by atoms with Crippen molar-refractivity contribution < 1.29 is 13.6 Å². The highest BCUT2D eigenvalue weighted by Crippen LogP contribution is 2.33. The highest BCUT2D eigenvalue weighted by atomic mass is 32.1. The van der Waals surface area contributed by atoms with Gasteiger partial charge in [0.05, 0.1) is 0 Å². The van der Waals surface area contributed by atoms with E-state index in [-0.39, 0.29) is 11.7 Å². The maximum absolute atomic E-state index is 13.3. The van der Waals surface area contributed by atoms with Gasteiger partial charge in [0, 0.05) is 10.8 Å². The van der Waals surface area contributed by atoms with Gasteiger partial charge >= 0.3 is 0 Å². The van der Waals surface area contributed by atoms with Crippen molar-refractivity contribution in [3.63, 3.8) is 0 Å². The van der Waals surface area contributed by atoms with Gasteiger partial charge in [-0.25, -0.2) is 8.78 Å². The minimum absolute atomic E-state index is 0.0539. The number of hydrogen-bond donors (Lipinski definition) is 0. The summed E-state index contributed by atoms with van der Waals surface area (Å²) in [6.07, 6.45) is 8.30. The molecule has 1 atom stereocenters. The first-order valence-electron chi connectivity index (χ1n) is 12.2. The summed E-state index contributed by atoms with van der Waals surface area (Å²) in [6.45, 7) is 21.2. The van der Waals surface area contributed by atoms with Gasteiger partial charge < -0.3 is 0 Å². The van der Waals surface area contributed by atoms with Crippen molar-refractivity contribution in [3.05, 3.63) is 70.0 Å². The number of rotatable bonds is 10. The molecule has 0 aliphatic rings. The van der Waals surface area contributed by atoms with E-state index in [1.54, 1.807) is 24.3 Å². The van der Waals surface area contributed by atoms with Crippen LogP contribution in [-0.2, 0) is 11.2 Å². The zero-order chi connectivity index (χ0) is 26.3. The Labute approximate surface area is 211 Å². The number of thiophene rings is 1. The minimum Gasteiger partial charge on any atom is -0.300 e. The van der Waals surface area contributed by atoms with Crippen molar-refractivity contribution in [3.8, 4) is 11.1 Å². The van der Waals surface area contributed by atoms with Crippen LogP contribution in [0.2, 0.25) is 0 Å². The molecule has 0 fully saturated rings. The minimum atomic E-state index is -0.831. The summed E-state index contributed by atoms with van der Waals surface area (Å²) in [5, 5.41) is 1.97. The predicted molar refractivity (Wildman–Crippen MR) is 147 cm³/mol. The summed E-state index contributed by atoms with van der Waals surface area (Å²) in [5.41, 5.74) is 5.20. The van der Waals surface area contributed by atoms with Crippen LogP contribution in [0.15, 0.2) is 47.9 Å². The Balaban J connectivity index is 0.000000697. The predicted octanol–water partition coefficient (Wildman–Crippen LogP) is 10.3. The van der Waals surface area contributed by atoms with Gasteiger partial charge in [-0.1, -0.05) is 50.3 Å². The van der Waals surface area contributed by atoms with Gasteiger partial charge in [-0.05, 0) is 94.5 Å². The van der Waals surface area contributed by atoms with Gasteiger partial charge in [0.25, 0.3) is 0 Å². The molecule has 2 rings (SSSR count). The second-order valence-corrected chi connectivity index (χ2v) is 10.3. The van der Waals surface area contributed by atoms with Gasteiger partial charge in [0.15, 0.2) is 11.6 Å². The quantitative estimate of drug-likeness (QED) is 0.239. The normalized spacial score (nSPS) is 11.0. The van der Waals surface area contributed by atoms with Crippen molar-refractivity contribution in [1.82, 2.24) is 0 Å². The lowest BCUT2D eigenvalue weighted by molar-refractivity contribution is -0.120. The van der Waals surface area contributed by atoms with Gasteiger partial charge in [-0.15, -0.1) is 24.5 Å². The Morgan fingerprint density at radius 2 is 1.65 bits per heavy atom. The molecule has 0 radical (unpaired) electrons. The molecule has 0 saturated heterocycles. The molecule has 1 unspecified atom stereocenters. The zero-order valence-corrected chi connectivity index (χ0v) is 23.1. The average molecular weight is 491 g/mol. The van der Waals surface area contributed by atoms with Gasteiger partial charge in [-0.2, -0.15) is 0 Å². The molecule has 1 aromatic heterocycles. The number of allylic oxidation sites excluding steroid dienone is 2. The number of unbranched alkanes of at least 4 members (excludes halogenated alkanes) is 3. The molecule has 2 aromatic rings. The maximum Gasteiger partial charge on any atom is 0.159 e. The number of aryl methyl sites for hydroxylation is 1. The maximum atomic E-state index is 13.3. The van der Waals surface area contributed by atoms with E-state index in [1.165, 1.54) is 54.2 Å². The molecule has 1 heterocycles. The molecule has 0 bridgehead atoms. The van der Waals surface area contributed by atoms with Crippen LogP contribution < -0.4 is 0 Å². The van der Waals surface area contributed by atoms with Gasteiger partial charge in [-0.3, -0.25) is 4.79 Å². The monoisotopic (exact) mass is 490 g/mol. The van der Waals surface area contributed by atoms with Crippen LogP contribution in [0.5, 0.6) is 0 Å². The number of carbonyl (C=O) groups excluding carboxylic acids is 1. The summed E-state index contributed by atoms with van der Waals surface area (Å²) in [7, 11) is 0. The fourth-order valence-electron chi connectivity index (χ4n) is 3.06. The second kappa shape index (κ2) is 17.4. The lowest BCUT2D eigenvalue weighted by Gasteiger charge is -2.07. The van der Waals surface area contributed by atoms with Crippen LogP contribution in [0.3, 0.4) is 0 Å². The average Bonchev–Trinajstić information content (AvgIpc) is 3.11. The van der Waals surface area contributed by atoms with Gasteiger partial charge in [0.2, 0.25) is 0 Å². The number of hydrogen-bond acceptors (Lipinski definition) is 2. The Kier molecular flexibility index (Phi) is 16.3. The summed E-state index contributed by atoms with van der Waals surface area (Å²) < 4.78 is 26.3. The summed E-state index contributed by atoms with van der Waals surface area (Å²) in [4.78, 5) is 12.5. The first kappa shape index (κ1) is 31.9. The summed E-state index contributed by atoms with van der Waals surface area (Å²) >= 11 is 1.61. The van der Waals surface area contributed by atoms with E-state index in [0.29, 0.717) is 5.56 Å². The van der Waals surface area contributed by atoms with Crippen LogP contribution in [0.25, 0.3) is 11.1 Å². The molecular weight excluding hydrogens is 446 g/mol. The fourth-order valence-corrected chi connectivity index (χ4v) is 4.15. The Bertz CT molecular complexity index is 907. The molecule has 0 aliphatic carbocycles. The number of benzene rings is 1. The Morgan fingerprint density at radius 1 is 1.03 bits per heavy atom. The number of carbonyl (C=O) groups is 1. The number of ketones is 1. The summed E-state index contributed by atoms with van der Waals surface area (Å²) in [6, 6.07) is 3.97. The van der Waals surface area contributed by atoms with E-state index in [0.717, 1.165) is 30.0 Å². The molecule has 1 nitrogen and oxygen atoms in total.